The van der Waals surface area contributed by atoms with Gasteiger partial charge in [-0.2, -0.15) is 0 Å². The number of thioether (sulfide) groups is 1. The summed E-state index contributed by atoms with van der Waals surface area (Å²) in [5.74, 6) is -0.420. The summed E-state index contributed by atoms with van der Waals surface area (Å²) >= 11 is 1.19. The topological polar surface area (TPSA) is 63.6 Å². The molecular weight excluding hydrogens is 240 g/mol. The third-order valence-corrected chi connectivity index (χ3v) is 3.23. The van der Waals surface area contributed by atoms with Crippen molar-refractivity contribution in [2.75, 3.05) is 6.61 Å². The molecule has 1 aromatic rings. The van der Waals surface area contributed by atoms with E-state index in [-0.39, 0.29) is 5.12 Å². The molecule has 0 atom stereocenters. The summed E-state index contributed by atoms with van der Waals surface area (Å²) < 4.78 is 4.87. The van der Waals surface area contributed by atoms with E-state index in [0.717, 1.165) is 11.1 Å². The lowest BCUT2D eigenvalue weighted by molar-refractivity contribution is -0.140. The van der Waals surface area contributed by atoms with E-state index in [9.17, 15) is 9.59 Å². The fourth-order valence-electron chi connectivity index (χ4n) is 1.55. The van der Waals surface area contributed by atoms with Crippen molar-refractivity contribution in [1.29, 1.82) is 0 Å². The zero-order chi connectivity index (χ0) is 12.3. The van der Waals surface area contributed by atoms with Crippen LogP contribution in [0.2, 0.25) is 0 Å². The van der Waals surface area contributed by atoms with Crippen molar-refractivity contribution < 1.29 is 19.4 Å². The van der Waals surface area contributed by atoms with Crippen LogP contribution in [0.3, 0.4) is 0 Å². The lowest BCUT2D eigenvalue weighted by Gasteiger charge is -2.16. The van der Waals surface area contributed by atoms with Gasteiger partial charge in [-0.05, 0) is 11.1 Å². The quantitative estimate of drug-likeness (QED) is 0.655. The van der Waals surface area contributed by atoms with Crippen molar-refractivity contribution in [3.8, 4) is 0 Å². The number of carbonyl (C=O) groups is 2. The highest BCUT2D eigenvalue weighted by atomic mass is 32.2. The molecule has 0 fully saturated rings. The molecule has 1 aliphatic rings. The largest absolute Gasteiger partial charge is 0.489 e. The van der Waals surface area contributed by atoms with Crippen LogP contribution in [0.25, 0.3) is 5.57 Å². The maximum absolute atomic E-state index is 11.7. The van der Waals surface area contributed by atoms with Gasteiger partial charge in [-0.3, -0.25) is 4.79 Å². The molecule has 0 bridgehead atoms. The van der Waals surface area contributed by atoms with Crippen molar-refractivity contribution in [2.24, 2.45) is 0 Å². The lowest BCUT2D eigenvalue weighted by atomic mass is 10.0. The van der Waals surface area contributed by atoms with Crippen LogP contribution in [0, 0.1) is 0 Å². The number of fused-ring (bicyclic) bond motifs is 1. The van der Waals surface area contributed by atoms with Gasteiger partial charge >= 0.3 is 5.97 Å². The van der Waals surface area contributed by atoms with Crippen LogP contribution >= 0.6 is 11.8 Å². The molecular formula is C12H10O4S. The zero-order valence-electron chi connectivity index (χ0n) is 8.88. The Labute approximate surface area is 102 Å². The number of benzene rings is 1. The molecule has 1 heterocycles. The molecule has 1 aromatic carbocycles. The SMILES string of the molecule is O=C(O)CO/C=C1\C(=O)SCc2ccccc21. The maximum atomic E-state index is 11.7. The van der Waals surface area contributed by atoms with Gasteiger partial charge < -0.3 is 9.84 Å². The van der Waals surface area contributed by atoms with E-state index >= 15 is 0 Å². The van der Waals surface area contributed by atoms with Crippen LogP contribution in [-0.4, -0.2) is 22.8 Å². The van der Waals surface area contributed by atoms with Crippen molar-refractivity contribution in [3.63, 3.8) is 0 Å². The predicted octanol–water partition coefficient (Wildman–Crippen LogP) is 1.90. The zero-order valence-corrected chi connectivity index (χ0v) is 9.70. The summed E-state index contributed by atoms with van der Waals surface area (Å²) in [6.07, 6.45) is 1.24. The average molecular weight is 250 g/mol. The number of carbonyl (C=O) groups excluding carboxylic acids is 1. The van der Waals surface area contributed by atoms with Crippen molar-refractivity contribution in [2.45, 2.75) is 5.75 Å². The fraction of sp³-hybridized carbons (Fsp3) is 0.167. The van der Waals surface area contributed by atoms with E-state index in [1.54, 1.807) is 0 Å². The van der Waals surface area contributed by atoms with Gasteiger partial charge in [0, 0.05) is 5.75 Å². The van der Waals surface area contributed by atoms with E-state index in [0.29, 0.717) is 11.3 Å². The first-order chi connectivity index (χ1) is 8.18. The third kappa shape index (κ3) is 2.68. The summed E-state index contributed by atoms with van der Waals surface area (Å²) in [6, 6.07) is 7.53. The molecule has 4 nitrogen and oxygen atoms in total. The van der Waals surface area contributed by atoms with E-state index in [1.807, 2.05) is 24.3 Å². The van der Waals surface area contributed by atoms with Crippen LogP contribution in [0.5, 0.6) is 0 Å². The highest BCUT2D eigenvalue weighted by Gasteiger charge is 2.22. The fourth-order valence-corrected chi connectivity index (χ4v) is 2.40. The Morgan fingerprint density at radius 2 is 2.24 bits per heavy atom. The number of hydrogen-bond acceptors (Lipinski definition) is 4. The molecule has 0 spiro atoms. The normalized spacial score (nSPS) is 16.7. The second-order valence-electron chi connectivity index (χ2n) is 3.47. The number of carboxylic acids is 1. The molecule has 5 heteroatoms. The number of rotatable bonds is 3. The Kier molecular flexibility index (Phi) is 3.49. The Bertz CT molecular complexity index is 493. The van der Waals surface area contributed by atoms with Gasteiger partial charge in [-0.25, -0.2) is 4.79 Å². The Balaban J connectivity index is 2.26. The number of aliphatic carboxylic acids is 1. The molecule has 0 aliphatic carbocycles. The summed E-state index contributed by atoms with van der Waals surface area (Å²) in [5.41, 5.74) is 2.31. The van der Waals surface area contributed by atoms with Gasteiger partial charge in [0.2, 0.25) is 5.12 Å². The molecule has 88 valence electrons. The molecule has 0 aromatic heterocycles. The minimum Gasteiger partial charge on any atom is -0.489 e. The van der Waals surface area contributed by atoms with Crippen molar-refractivity contribution >= 4 is 28.4 Å². The smallest absolute Gasteiger partial charge is 0.341 e. The van der Waals surface area contributed by atoms with Crippen LogP contribution in [-0.2, 0) is 20.1 Å². The number of hydrogen-bond donors (Lipinski definition) is 1. The molecule has 1 N–H and O–H groups in total. The van der Waals surface area contributed by atoms with Crippen LogP contribution in [0.1, 0.15) is 11.1 Å². The van der Waals surface area contributed by atoms with Gasteiger partial charge in [0.25, 0.3) is 0 Å². The van der Waals surface area contributed by atoms with Crippen LogP contribution in [0.4, 0.5) is 0 Å². The summed E-state index contributed by atoms with van der Waals surface area (Å²) in [5, 5.41) is 8.37. The summed E-state index contributed by atoms with van der Waals surface area (Å²) in [7, 11) is 0. The maximum Gasteiger partial charge on any atom is 0.341 e. The average Bonchev–Trinajstić information content (AvgIpc) is 2.32. The van der Waals surface area contributed by atoms with Gasteiger partial charge in [0.15, 0.2) is 6.61 Å². The highest BCUT2D eigenvalue weighted by molar-refractivity contribution is 8.14. The predicted molar refractivity (Wildman–Crippen MR) is 64.3 cm³/mol. The first-order valence-corrected chi connectivity index (χ1v) is 5.96. The van der Waals surface area contributed by atoms with Gasteiger partial charge in [0.05, 0.1) is 11.8 Å². The molecule has 0 saturated heterocycles. The molecule has 0 amide bonds. The van der Waals surface area contributed by atoms with Crippen LogP contribution < -0.4 is 0 Å². The van der Waals surface area contributed by atoms with Gasteiger partial charge in [-0.15, -0.1) is 0 Å². The van der Waals surface area contributed by atoms with Crippen molar-refractivity contribution in [1.82, 2.24) is 0 Å². The Hall–Kier alpha value is -1.75. The Morgan fingerprint density at radius 3 is 3.00 bits per heavy atom. The number of ether oxygens (including phenoxy) is 1. The molecule has 17 heavy (non-hydrogen) atoms. The van der Waals surface area contributed by atoms with Gasteiger partial charge in [0.1, 0.15) is 0 Å². The second-order valence-corrected chi connectivity index (χ2v) is 4.42. The number of carboxylic acid groups (broad SMARTS) is 1. The van der Waals surface area contributed by atoms with E-state index in [1.165, 1.54) is 18.0 Å². The van der Waals surface area contributed by atoms with E-state index < -0.39 is 12.6 Å². The standard InChI is InChI=1S/C12H10O4S/c13-11(14)6-16-5-10-9-4-2-1-3-8(9)7-17-12(10)15/h1-5H,6-7H2,(H,13,14)/b10-5-. The summed E-state index contributed by atoms with van der Waals surface area (Å²) in [6.45, 7) is -0.441. The minimum absolute atomic E-state index is 0.0888. The molecule has 0 radical (unpaired) electrons. The Morgan fingerprint density at radius 1 is 1.47 bits per heavy atom. The first-order valence-electron chi connectivity index (χ1n) is 4.97. The first kappa shape index (κ1) is 11.7. The molecule has 0 unspecified atom stereocenters. The molecule has 0 saturated carbocycles. The molecule has 1 aliphatic heterocycles. The van der Waals surface area contributed by atoms with Crippen molar-refractivity contribution in [3.05, 3.63) is 41.7 Å². The van der Waals surface area contributed by atoms with Gasteiger partial charge in [-0.1, -0.05) is 36.0 Å². The second kappa shape index (κ2) is 5.05. The summed E-state index contributed by atoms with van der Waals surface area (Å²) in [4.78, 5) is 22.0. The molecule has 2 rings (SSSR count). The third-order valence-electron chi connectivity index (χ3n) is 2.29. The minimum atomic E-state index is -1.06. The van der Waals surface area contributed by atoms with E-state index in [2.05, 4.69) is 0 Å². The monoisotopic (exact) mass is 250 g/mol. The van der Waals surface area contributed by atoms with Crippen LogP contribution in [0.15, 0.2) is 30.5 Å². The highest BCUT2D eigenvalue weighted by Crippen LogP contribution is 2.33. The lowest BCUT2D eigenvalue weighted by Crippen LogP contribution is -2.09. The van der Waals surface area contributed by atoms with E-state index in [4.69, 9.17) is 9.84 Å².